The van der Waals surface area contributed by atoms with Crippen molar-refractivity contribution >= 4 is 27.6 Å². The van der Waals surface area contributed by atoms with Crippen LogP contribution < -0.4 is 15.7 Å². The average Bonchev–Trinajstić information content (AvgIpc) is 2.71. The topological polar surface area (TPSA) is 81.4 Å². The molecule has 0 radical (unpaired) electrons. The standard InChI is InChI=1S/C21H16N2O4/c24-20(23-12-14-4-3-9-22-11-14)13-26-15-7-8-17-16-5-1-2-6-18(16)21(25)27-19(17)10-15/h1-11H,12-13H2,(H,23,24). The molecule has 0 fully saturated rings. The zero-order valence-corrected chi connectivity index (χ0v) is 14.3. The molecule has 0 aliphatic heterocycles. The van der Waals surface area contributed by atoms with Crippen LogP contribution in [0.2, 0.25) is 0 Å². The maximum Gasteiger partial charge on any atom is 0.344 e. The number of benzene rings is 2. The number of hydrogen-bond donors (Lipinski definition) is 1. The van der Waals surface area contributed by atoms with Gasteiger partial charge in [-0.25, -0.2) is 4.79 Å². The van der Waals surface area contributed by atoms with Gasteiger partial charge < -0.3 is 14.5 Å². The van der Waals surface area contributed by atoms with Crippen molar-refractivity contribution in [3.8, 4) is 5.75 Å². The minimum atomic E-state index is -0.399. The molecule has 0 bridgehead atoms. The van der Waals surface area contributed by atoms with Gasteiger partial charge in [0.2, 0.25) is 0 Å². The number of ether oxygens (including phenoxy) is 1. The van der Waals surface area contributed by atoms with Gasteiger partial charge in [-0.05, 0) is 35.2 Å². The third-order valence-corrected chi connectivity index (χ3v) is 4.18. The van der Waals surface area contributed by atoms with Crippen molar-refractivity contribution in [1.82, 2.24) is 10.3 Å². The molecule has 0 atom stereocenters. The molecule has 0 unspecified atom stereocenters. The number of nitrogens with one attached hydrogen (secondary N) is 1. The van der Waals surface area contributed by atoms with Gasteiger partial charge in [0.25, 0.3) is 5.91 Å². The van der Waals surface area contributed by atoms with Crippen LogP contribution >= 0.6 is 0 Å². The molecular weight excluding hydrogens is 344 g/mol. The van der Waals surface area contributed by atoms with E-state index in [9.17, 15) is 9.59 Å². The minimum Gasteiger partial charge on any atom is -0.484 e. The maximum atomic E-state index is 12.1. The molecule has 2 aromatic carbocycles. The summed E-state index contributed by atoms with van der Waals surface area (Å²) in [6, 6.07) is 16.2. The molecule has 6 nitrogen and oxygen atoms in total. The van der Waals surface area contributed by atoms with Crippen molar-refractivity contribution in [2.75, 3.05) is 6.61 Å². The van der Waals surface area contributed by atoms with E-state index in [4.69, 9.17) is 9.15 Å². The first kappa shape index (κ1) is 16.8. The molecular formula is C21H16N2O4. The highest BCUT2D eigenvalue weighted by Gasteiger charge is 2.09. The van der Waals surface area contributed by atoms with Crippen LogP contribution in [0.4, 0.5) is 0 Å². The molecule has 2 heterocycles. The average molecular weight is 360 g/mol. The molecule has 0 saturated heterocycles. The fraction of sp³-hybridized carbons (Fsp3) is 0.0952. The molecule has 0 aliphatic carbocycles. The third-order valence-electron chi connectivity index (χ3n) is 4.18. The first-order valence-corrected chi connectivity index (χ1v) is 8.45. The van der Waals surface area contributed by atoms with Gasteiger partial charge in [0.1, 0.15) is 11.3 Å². The van der Waals surface area contributed by atoms with Gasteiger partial charge in [-0.15, -0.1) is 0 Å². The Morgan fingerprint density at radius 3 is 2.70 bits per heavy atom. The van der Waals surface area contributed by atoms with Crippen LogP contribution in [0.1, 0.15) is 5.56 Å². The number of amides is 1. The Morgan fingerprint density at radius 2 is 1.89 bits per heavy atom. The van der Waals surface area contributed by atoms with Crippen LogP contribution in [0.3, 0.4) is 0 Å². The van der Waals surface area contributed by atoms with E-state index in [-0.39, 0.29) is 12.5 Å². The predicted molar refractivity (Wildman–Crippen MR) is 102 cm³/mol. The van der Waals surface area contributed by atoms with Crippen molar-refractivity contribution < 1.29 is 13.9 Å². The van der Waals surface area contributed by atoms with Gasteiger partial charge >= 0.3 is 5.63 Å². The summed E-state index contributed by atoms with van der Waals surface area (Å²) in [4.78, 5) is 28.1. The smallest absolute Gasteiger partial charge is 0.344 e. The number of nitrogens with zero attached hydrogens (tertiary/aromatic N) is 1. The van der Waals surface area contributed by atoms with Crippen LogP contribution in [0.5, 0.6) is 5.75 Å². The first-order chi connectivity index (χ1) is 13.2. The molecule has 27 heavy (non-hydrogen) atoms. The Balaban J connectivity index is 1.47. The monoisotopic (exact) mass is 360 g/mol. The maximum absolute atomic E-state index is 12.1. The van der Waals surface area contributed by atoms with Crippen LogP contribution in [0, 0.1) is 0 Å². The largest absolute Gasteiger partial charge is 0.484 e. The van der Waals surface area contributed by atoms with Crippen LogP contribution in [0.25, 0.3) is 21.7 Å². The molecule has 4 rings (SSSR count). The summed E-state index contributed by atoms with van der Waals surface area (Å²) in [5.74, 6) is 0.205. The number of carbonyl (C=O) groups is 1. The highest BCUT2D eigenvalue weighted by atomic mass is 16.5. The molecule has 1 amide bonds. The lowest BCUT2D eigenvalue weighted by Gasteiger charge is -2.08. The zero-order chi connectivity index (χ0) is 18.6. The fourth-order valence-corrected chi connectivity index (χ4v) is 2.85. The van der Waals surface area contributed by atoms with Crippen molar-refractivity contribution in [2.45, 2.75) is 6.54 Å². The fourth-order valence-electron chi connectivity index (χ4n) is 2.85. The van der Waals surface area contributed by atoms with Crippen molar-refractivity contribution in [2.24, 2.45) is 0 Å². The lowest BCUT2D eigenvalue weighted by atomic mass is 10.1. The molecule has 0 aliphatic rings. The third kappa shape index (κ3) is 3.64. The lowest BCUT2D eigenvalue weighted by Crippen LogP contribution is -2.28. The first-order valence-electron chi connectivity index (χ1n) is 8.45. The summed E-state index contributed by atoms with van der Waals surface area (Å²) >= 11 is 0. The highest BCUT2D eigenvalue weighted by molar-refractivity contribution is 6.04. The van der Waals surface area contributed by atoms with Crippen molar-refractivity contribution in [3.63, 3.8) is 0 Å². The number of aromatic nitrogens is 1. The SMILES string of the molecule is O=C(COc1ccc2c(c1)oc(=O)c1ccccc12)NCc1cccnc1. The molecule has 2 aromatic heterocycles. The van der Waals surface area contributed by atoms with Crippen LogP contribution in [0.15, 0.2) is 76.2 Å². The Labute approximate surface area is 154 Å². The summed E-state index contributed by atoms with van der Waals surface area (Å²) in [5.41, 5.74) is 0.932. The van der Waals surface area contributed by atoms with E-state index >= 15 is 0 Å². The number of hydrogen-bond acceptors (Lipinski definition) is 5. The Bertz CT molecular complexity index is 1170. The Kier molecular flexibility index (Phi) is 4.53. The second kappa shape index (κ2) is 7.29. The van der Waals surface area contributed by atoms with Crippen LogP contribution in [-0.2, 0) is 11.3 Å². The summed E-state index contributed by atoms with van der Waals surface area (Å²) in [7, 11) is 0. The van der Waals surface area contributed by atoms with E-state index in [1.165, 1.54) is 0 Å². The van der Waals surface area contributed by atoms with E-state index in [1.54, 1.807) is 36.7 Å². The van der Waals surface area contributed by atoms with E-state index < -0.39 is 5.63 Å². The molecule has 6 heteroatoms. The Hall–Kier alpha value is -3.67. The van der Waals surface area contributed by atoms with Crippen LogP contribution in [-0.4, -0.2) is 17.5 Å². The summed E-state index contributed by atoms with van der Waals surface area (Å²) in [6.07, 6.45) is 3.37. The summed E-state index contributed by atoms with van der Waals surface area (Å²) < 4.78 is 10.9. The zero-order valence-electron chi connectivity index (χ0n) is 14.3. The van der Waals surface area contributed by atoms with E-state index in [0.717, 1.165) is 16.3 Å². The number of carbonyl (C=O) groups excluding carboxylic acids is 1. The van der Waals surface area contributed by atoms with Gasteiger partial charge in [0, 0.05) is 30.4 Å². The van der Waals surface area contributed by atoms with Gasteiger partial charge in [0.05, 0.1) is 5.39 Å². The molecule has 0 spiro atoms. The normalized spacial score (nSPS) is 10.8. The molecule has 1 N–H and O–H groups in total. The minimum absolute atomic E-state index is 0.135. The van der Waals surface area contributed by atoms with Gasteiger partial charge in [0.15, 0.2) is 6.61 Å². The predicted octanol–water partition coefficient (Wildman–Crippen LogP) is 3.04. The van der Waals surface area contributed by atoms with E-state index in [1.807, 2.05) is 30.3 Å². The summed E-state index contributed by atoms with van der Waals surface area (Å²) in [6.45, 7) is 0.248. The molecule has 0 saturated carbocycles. The quantitative estimate of drug-likeness (QED) is 0.437. The second-order valence-corrected chi connectivity index (χ2v) is 6.02. The van der Waals surface area contributed by atoms with Crippen molar-refractivity contribution in [3.05, 3.63) is 83.0 Å². The molecule has 134 valence electrons. The summed E-state index contributed by atoms with van der Waals surface area (Å²) in [5, 5.41) is 4.94. The van der Waals surface area contributed by atoms with E-state index in [0.29, 0.717) is 23.3 Å². The lowest BCUT2D eigenvalue weighted by molar-refractivity contribution is -0.123. The highest BCUT2D eigenvalue weighted by Crippen LogP contribution is 2.26. The van der Waals surface area contributed by atoms with Gasteiger partial charge in [-0.1, -0.05) is 24.3 Å². The second-order valence-electron chi connectivity index (χ2n) is 6.02. The van der Waals surface area contributed by atoms with E-state index in [2.05, 4.69) is 10.3 Å². The number of fused-ring (bicyclic) bond motifs is 3. The Morgan fingerprint density at radius 1 is 1.04 bits per heavy atom. The molecule has 4 aromatic rings. The number of pyridine rings is 1. The number of rotatable bonds is 5. The van der Waals surface area contributed by atoms with Gasteiger partial charge in [-0.3, -0.25) is 9.78 Å². The van der Waals surface area contributed by atoms with Gasteiger partial charge in [-0.2, -0.15) is 0 Å². The van der Waals surface area contributed by atoms with Crippen molar-refractivity contribution in [1.29, 1.82) is 0 Å².